The SMILES string of the molecule is Cc1ccc(C(C)C)cc1OCC(=O)Nc1c(C(=O)N2CCOCC2)oc2ccccc12. The molecule has 7 heteroatoms. The van der Waals surface area contributed by atoms with Crippen molar-refractivity contribution in [2.45, 2.75) is 26.7 Å². The van der Waals surface area contributed by atoms with Gasteiger partial charge in [-0.2, -0.15) is 0 Å². The fraction of sp³-hybridized carbons (Fsp3) is 0.360. The lowest BCUT2D eigenvalue weighted by atomic mass is 10.0. The van der Waals surface area contributed by atoms with Gasteiger partial charge >= 0.3 is 0 Å². The molecule has 0 spiro atoms. The number of para-hydroxylation sites is 1. The van der Waals surface area contributed by atoms with E-state index in [0.29, 0.717) is 54.6 Å². The average molecular weight is 437 g/mol. The smallest absolute Gasteiger partial charge is 0.291 e. The molecule has 168 valence electrons. The Morgan fingerprint density at radius 3 is 2.62 bits per heavy atom. The number of carbonyl (C=O) groups excluding carboxylic acids is 2. The first-order valence-electron chi connectivity index (χ1n) is 10.9. The maximum Gasteiger partial charge on any atom is 0.291 e. The van der Waals surface area contributed by atoms with Crippen molar-refractivity contribution in [2.75, 3.05) is 38.2 Å². The second-order valence-electron chi connectivity index (χ2n) is 8.22. The summed E-state index contributed by atoms with van der Waals surface area (Å²) >= 11 is 0. The molecule has 2 aromatic carbocycles. The number of fused-ring (bicyclic) bond motifs is 1. The molecule has 2 heterocycles. The van der Waals surface area contributed by atoms with Crippen LogP contribution in [0.25, 0.3) is 11.0 Å². The average Bonchev–Trinajstić information content (AvgIpc) is 3.16. The van der Waals surface area contributed by atoms with Crippen LogP contribution in [0.4, 0.5) is 5.69 Å². The molecule has 3 aromatic rings. The van der Waals surface area contributed by atoms with Gasteiger partial charge in [-0.1, -0.05) is 38.1 Å². The molecule has 1 saturated heterocycles. The summed E-state index contributed by atoms with van der Waals surface area (Å²) in [5.41, 5.74) is 3.02. The highest BCUT2D eigenvalue weighted by Gasteiger charge is 2.27. The lowest BCUT2D eigenvalue weighted by Crippen LogP contribution is -2.40. The van der Waals surface area contributed by atoms with Crippen molar-refractivity contribution in [3.8, 4) is 5.75 Å². The van der Waals surface area contributed by atoms with E-state index in [0.717, 1.165) is 11.1 Å². The number of ether oxygens (including phenoxy) is 2. The van der Waals surface area contributed by atoms with Crippen LogP contribution in [0.3, 0.4) is 0 Å². The number of morpholine rings is 1. The van der Waals surface area contributed by atoms with Crippen molar-refractivity contribution in [1.29, 1.82) is 0 Å². The Morgan fingerprint density at radius 2 is 1.88 bits per heavy atom. The highest BCUT2D eigenvalue weighted by molar-refractivity contribution is 6.11. The number of hydrogen-bond acceptors (Lipinski definition) is 5. The number of carbonyl (C=O) groups is 2. The zero-order valence-corrected chi connectivity index (χ0v) is 18.6. The Bertz CT molecular complexity index is 1130. The third-order valence-electron chi connectivity index (χ3n) is 5.59. The molecule has 2 amide bonds. The van der Waals surface area contributed by atoms with Crippen LogP contribution in [0.1, 0.15) is 41.4 Å². The van der Waals surface area contributed by atoms with E-state index in [1.54, 1.807) is 11.0 Å². The fourth-order valence-corrected chi connectivity index (χ4v) is 3.68. The van der Waals surface area contributed by atoms with Gasteiger partial charge in [0.05, 0.1) is 13.2 Å². The summed E-state index contributed by atoms with van der Waals surface area (Å²) in [4.78, 5) is 27.6. The Kier molecular flexibility index (Phi) is 6.46. The molecule has 32 heavy (non-hydrogen) atoms. The van der Waals surface area contributed by atoms with Gasteiger partial charge in [0.1, 0.15) is 17.0 Å². The van der Waals surface area contributed by atoms with Gasteiger partial charge in [-0.3, -0.25) is 9.59 Å². The Morgan fingerprint density at radius 1 is 1.12 bits per heavy atom. The van der Waals surface area contributed by atoms with E-state index in [1.165, 1.54) is 0 Å². The second-order valence-corrected chi connectivity index (χ2v) is 8.22. The quantitative estimate of drug-likeness (QED) is 0.621. The molecule has 0 saturated carbocycles. The third kappa shape index (κ3) is 4.62. The maximum atomic E-state index is 13.1. The van der Waals surface area contributed by atoms with Crippen molar-refractivity contribution in [1.82, 2.24) is 4.90 Å². The van der Waals surface area contributed by atoms with Gasteiger partial charge in [-0.15, -0.1) is 0 Å². The van der Waals surface area contributed by atoms with Crippen LogP contribution in [0, 0.1) is 6.92 Å². The molecule has 0 radical (unpaired) electrons. The number of amides is 2. The van der Waals surface area contributed by atoms with Gasteiger partial charge in [0.25, 0.3) is 11.8 Å². The van der Waals surface area contributed by atoms with Crippen LogP contribution in [-0.4, -0.2) is 49.6 Å². The Labute approximate surface area is 187 Å². The third-order valence-corrected chi connectivity index (χ3v) is 5.59. The van der Waals surface area contributed by atoms with Crippen LogP contribution in [0.15, 0.2) is 46.9 Å². The summed E-state index contributed by atoms with van der Waals surface area (Å²) < 4.78 is 17.0. The van der Waals surface area contributed by atoms with Gasteiger partial charge < -0.3 is 24.1 Å². The van der Waals surface area contributed by atoms with Crippen molar-refractivity contribution < 1.29 is 23.5 Å². The summed E-state index contributed by atoms with van der Waals surface area (Å²) in [5.74, 6) is 0.536. The Balaban J connectivity index is 1.54. The lowest BCUT2D eigenvalue weighted by Gasteiger charge is -2.26. The van der Waals surface area contributed by atoms with Gasteiger partial charge in [0, 0.05) is 18.5 Å². The van der Waals surface area contributed by atoms with Crippen LogP contribution < -0.4 is 10.1 Å². The molecule has 1 aliphatic rings. The number of aryl methyl sites for hydroxylation is 1. The monoisotopic (exact) mass is 436 g/mol. The molecule has 0 unspecified atom stereocenters. The minimum Gasteiger partial charge on any atom is -0.483 e. The number of nitrogens with zero attached hydrogens (tertiary/aromatic N) is 1. The van der Waals surface area contributed by atoms with Crippen molar-refractivity contribution in [2.24, 2.45) is 0 Å². The van der Waals surface area contributed by atoms with Crippen LogP contribution >= 0.6 is 0 Å². The summed E-state index contributed by atoms with van der Waals surface area (Å²) in [6.45, 7) is 7.92. The van der Waals surface area contributed by atoms with Crippen molar-refractivity contribution in [3.05, 3.63) is 59.4 Å². The first-order valence-corrected chi connectivity index (χ1v) is 10.9. The molecule has 7 nitrogen and oxygen atoms in total. The van der Waals surface area contributed by atoms with Crippen LogP contribution in [0.2, 0.25) is 0 Å². The van der Waals surface area contributed by atoms with Gasteiger partial charge in [-0.25, -0.2) is 0 Å². The molecular formula is C25H28N2O5. The highest BCUT2D eigenvalue weighted by atomic mass is 16.5. The predicted octanol–water partition coefficient (Wildman–Crippen LogP) is 4.35. The van der Waals surface area contributed by atoms with Gasteiger partial charge in [0.2, 0.25) is 5.76 Å². The van der Waals surface area contributed by atoms with E-state index in [2.05, 4.69) is 25.2 Å². The van der Waals surface area contributed by atoms with E-state index >= 15 is 0 Å². The highest BCUT2D eigenvalue weighted by Crippen LogP contribution is 2.32. The normalized spacial score (nSPS) is 14.1. The number of furan rings is 1. The zero-order valence-electron chi connectivity index (χ0n) is 18.6. The predicted molar refractivity (Wildman–Crippen MR) is 122 cm³/mol. The molecule has 0 aliphatic carbocycles. The van der Waals surface area contributed by atoms with Crippen LogP contribution in [-0.2, 0) is 9.53 Å². The second kappa shape index (κ2) is 9.44. The standard InChI is InChI=1S/C25H28N2O5/c1-16(2)18-9-8-17(3)21(14-18)31-15-22(28)26-23-19-6-4-5-7-20(19)32-24(23)25(29)27-10-12-30-13-11-27/h4-9,14,16H,10-13,15H2,1-3H3,(H,26,28). The molecule has 0 bridgehead atoms. The number of anilines is 1. The molecule has 1 fully saturated rings. The molecule has 1 aromatic heterocycles. The molecule has 1 N–H and O–H groups in total. The van der Waals surface area contributed by atoms with E-state index in [9.17, 15) is 9.59 Å². The molecule has 4 rings (SSSR count). The Hall–Kier alpha value is -3.32. The maximum absolute atomic E-state index is 13.1. The summed E-state index contributed by atoms with van der Waals surface area (Å²) in [6.07, 6.45) is 0. The van der Waals surface area contributed by atoms with Gasteiger partial charge in [-0.05, 0) is 42.2 Å². The van der Waals surface area contributed by atoms with Crippen molar-refractivity contribution in [3.63, 3.8) is 0 Å². The van der Waals surface area contributed by atoms with E-state index in [-0.39, 0.29) is 24.2 Å². The first kappa shape index (κ1) is 21.9. The van der Waals surface area contributed by atoms with Crippen LogP contribution in [0.5, 0.6) is 5.75 Å². The molecule has 1 aliphatic heterocycles. The largest absolute Gasteiger partial charge is 0.483 e. The number of hydrogen-bond donors (Lipinski definition) is 1. The summed E-state index contributed by atoms with van der Waals surface area (Å²) in [5, 5.41) is 3.52. The zero-order chi connectivity index (χ0) is 22.7. The van der Waals surface area contributed by atoms with E-state index in [1.807, 2.05) is 37.3 Å². The topological polar surface area (TPSA) is 81.0 Å². The van der Waals surface area contributed by atoms with E-state index in [4.69, 9.17) is 13.9 Å². The number of nitrogens with one attached hydrogen (secondary N) is 1. The lowest BCUT2D eigenvalue weighted by molar-refractivity contribution is -0.118. The van der Waals surface area contributed by atoms with Gasteiger partial charge in [0.15, 0.2) is 6.61 Å². The summed E-state index contributed by atoms with van der Waals surface area (Å²) in [7, 11) is 0. The molecule has 0 atom stereocenters. The minimum atomic E-state index is -0.359. The number of rotatable bonds is 6. The minimum absolute atomic E-state index is 0.124. The van der Waals surface area contributed by atoms with E-state index < -0.39 is 0 Å². The molecular weight excluding hydrogens is 408 g/mol. The van der Waals surface area contributed by atoms with Crippen molar-refractivity contribution >= 4 is 28.5 Å². The number of benzene rings is 2. The fourth-order valence-electron chi connectivity index (χ4n) is 3.68. The first-order chi connectivity index (χ1) is 15.4. The summed E-state index contributed by atoms with van der Waals surface area (Å²) in [6, 6.07) is 13.3.